The molecule has 7 rings (SSSR count). The van der Waals surface area contributed by atoms with Crippen molar-refractivity contribution in [3.05, 3.63) is 200 Å². The van der Waals surface area contributed by atoms with E-state index < -0.39 is 17.1 Å². The summed E-state index contributed by atoms with van der Waals surface area (Å²) in [6, 6.07) is 42.8. The molecule has 0 aliphatic heterocycles. The predicted molar refractivity (Wildman–Crippen MR) is 307 cm³/mol. The fourth-order valence-electron chi connectivity index (χ4n) is 11.6. The van der Waals surface area contributed by atoms with E-state index >= 15 is 0 Å². The summed E-state index contributed by atoms with van der Waals surface area (Å²) >= 11 is 0. The number of unbranched alkanes of at least 4 members (excludes halogenated alkanes) is 3. The first-order valence-corrected chi connectivity index (χ1v) is 29.8. The molecule has 7 aromatic carbocycles. The summed E-state index contributed by atoms with van der Waals surface area (Å²) in [7, 11) is -4.37. The minimum Gasteiger partial charge on any atom is -0.0545 e. The number of aryl methyl sites for hydroxylation is 9. The topological polar surface area (TPSA) is 76.7 Å². The van der Waals surface area contributed by atoms with Crippen molar-refractivity contribution in [3.8, 4) is 17.2 Å². The van der Waals surface area contributed by atoms with Crippen LogP contribution >= 0.6 is 7.26 Å². The zero-order chi connectivity index (χ0) is 52.0. The number of hydrogen-bond acceptors (Lipinski definition) is 6. The first kappa shape index (κ1) is 54.2. The molecule has 0 aliphatic carbocycles. The Morgan fingerprint density at radius 3 is 1.40 bits per heavy atom. The number of benzene rings is 7. The summed E-state index contributed by atoms with van der Waals surface area (Å²) in [5, 5.41) is 12.2. The quantitative estimate of drug-likeness (QED) is 0.0552. The molecule has 72 heavy (non-hydrogen) atoms. The van der Waals surface area contributed by atoms with Gasteiger partial charge in [-0.1, -0.05) is 49.7 Å². The van der Waals surface area contributed by atoms with Crippen molar-refractivity contribution in [2.45, 2.75) is 130 Å². The second-order valence-electron chi connectivity index (χ2n) is 21.1. The number of hydrogen-bond donors (Lipinski definition) is 2. The van der Waals surface area contributed by atoms with Gasteiger partial charge in [0.15, 0.2) is 0 Å². The van der Waals surface area contributed by atoms with E-state index in [0.29, 0.717) is 12.3 Å². The van der Waals surface area contributed by atoms with Crippen molar-refractivity contribution < 1.29 is 17.9 Å². The summed E-state index contributed by atoms with van der Waals surface area (Å²) in [4.78, 5) is 0.508. The zero-order valence-electron chi connectivity index (χ0n) is 45.3. The van der Waals surface area contributed by atoms with Crippen LogP contribution in [0.15, 0.2) is 137 Å². The van der Waals surface area contributed by atoms with E-state index in [1.807, 2.05) is 37.3 Å². The van der Waals surface area contributed by atoms with E-state index in [-0.39, 0.29) is 15.2 Å². The molecule has 0 atom stereocenters. The summed E-state index contributed by atoms with van der Waals surface area (Å²) in [6.45, 7) is 30.8. The molecular weight excluding hydrogens is 924 g/mol. The molecule has 0 amide bonds. The minimum atomic E-state index is -3.65. The van der Waals surface area contributed by atoms with E-state index in [4.69, 9.17) is 9.47 Å². The first-order chi connectivity index (χ1) is 34.2. The maximum Gasteiger partial charge on any atom is -0.0197 e. The number of sulfone groups is 1. The van der Waals surface area contributed by atoms with Crippen LogP contribution in [0.25, 0.3) is 0 Å². The maximum atomic E-state index is 13.4. The van der Waals surface area contributed by atoms with Crippen molar-refractivity contribution in [2.75, 3.05) is 26.9 Å². The summed E-state index contributed by atoms with van der Waals surface area (Å²) in [5.74, 6) is 2.14. The van der Waals surface area contributed by atoms with Crippen molar-refractivity contribution in [2.24, 2.45) is 0 Å². The largest absolute Gasteiger partial charge is 0.0545 e. The molecule has 380 valence electrons. The number of methoxy groups -OCH3 is 1. The second-order valence-corrected chi connectivity index (χ2v) is 26.8. The number of ether oxygens (including phenoxy) is 2. The Morgan fingerprint density at radius 2 is 0.917 bits per heavy atom. The molecular formula is C64H79N2O4PS. The minimum absolute atomic E-state index is 0.232. The standard InChI is InChI=1S/C64H79N2O4PS/c1-43-18-27-58(28-19-43)72(67,68)59-29-25-57(26-30-59)70-60-31-22-55(64(10,11)54-20-23-56(69-12)24-21-54)40-53(60)42-66-33-17-15-14-16-32-65-41-52-38-50(8)63(51(9)39-52)71(13,61-46(4)34-44(2)35-47(61)5)62-48(6)36-45(3)37-49(62)7/h18-31,34-40,65-66,71H,14-17,32-33,41-42H2,1-13H3. The van der Waals surface area contributed by atoms with Crippen LogP contribution in [0.4, 0.5) is 0 Å². The van der Waals surface area contributed by atoms with Gasteiger partial charge >= 0.3 is 222 Å². The van der Waals surface area contributed by atoms with Gasteiger partial charge < -0.3 is 14.8 Å². The molecule has 0 aromatic heterocycles. The van der Waals surface area contributed by atoms with Crippen LogP contribution in [0.1, 0.15) is 112 Å². The fourth-order valence-corrected chi connectivity index (χ4v) is 18.8. The van der Waals surface area contributed by atoms with Crippen LogP contribution < -0.4 is 36.0 Å². The van der Waals surface area contributed by atoms with Gasteiger partial charge in [0, 0.05) is 17.5 Å². The van der Waals surface area contributed by atoms with Gasteiger partial charge in [0.1, 0.15) is 17.2 Å². The molecule has 7 aromatic rings. The second kappa shape index (κ2) is 23.1. The first-order valence-electron chi connectivity index (χ1n) is 25.8. The summed E-state index contributed by atoms with van der Waals surface area (Å²) in [6.07, 6.45) is 4.51. The summed E-state index contributed by atoms with van der Waals surface area (Å²) in [5.41, 5.74) is 16.6. The van der Waals surface area contributed by atoms with Gasteiger partial charge in [-0.15, -0.1) is 0 Å². The monoisotopic (exact) mass is 1000 g/mol. The fraction of sp³-hybridized carbons (Fsp3) is 0.344. The molecule has 0 radical (unpaired) electrons. The van der Waals surface area contributed by atoms with Gasteiger partial charge in [0.05, 0.1) is 16.9 Å². The maximum absolute atomic E-state index is 13.4. The Kier molecular flexibility index (Phi) is 17.4. The van der Waals surface area contributed by atoms with E-state index in [1.54, 1.807) is 59.4 Å². The summed E-state index contributed by atoms with van der Waals surface area (Å²) < 4.78 is 38.7. The van der Waals surface area contributed by atoms with Crippen molar-refractivity contribution in [1.82, 2.24) is 10.6 Å². The Hall–Kier alpha value is -5.56. The van der Waals surface area contributed by atoms with Crippen molar-refractivity contribution in [3.63, 3.8) is 0 Å². The number of nitrogens with one attached hydrogen (secondary N) is 2. The van der Waals surface area contributed by atoms with Crippen LogP contribution in [0.3, 0.4) is 0 Å². The predicted octanol–water partition coefficient (Wildman–Crippen LogP) is 13.5. The molecule has 0 fully saturated rings. The van der Waals surface area contributed by atoms with E-state index in [1.165, 1.54) is 61.2 Å². The molecule has 0 heterocycles. The van der Waals surface area contributed by atoms with Gasteiger partial charge in [-0.05, 0) is 78.7 Å². The third-order valence-corrected chi connectivity index (χ3v) is 22.0. The van der Waals surface area contributed by atoms with E-state index in [0.717, 1.165) is 67.9 Å². The average molecular weight is 1000 g/mol. The Morgan fingerprint density at radius 1 is 0.486 bits per heavy atom. The van der Waals surface area contributed by atoms with E-state index in [2.05, 4.69) is 147 Å². The van der Waals surface area contributed by atoms with Crippen LogP contribution in [-0.2, 0) is 28.3 Å². The molecule has 8 heteroatoms. The third-order valence-electron chi connectivity index (χ3n) is 14.8. The molecule has 0 unspecified atom stereocenters. The SMILES string of the molecule is COc1ccc(C(C)(C)c2ccc(Oc3ccc(S(=O)(=O)c4ccc(C)cc4)cc3)c(CNCCCCCCNCc3cc(C)c([PH](C)(c4c(C)cc(C)cc4C)c4c(C)cc(C)cc4C)c(C)c3)c2)cc1. The van der Waals surface area contributed by atoms with Crippen LogP contribution in [0.2, 0.25) is 0 Å². The van der Waals surface area contributed by atoms with Gasteiger partial charge in [-0.3, -0.25) is 0 Å². The average Bonchev–Trinajstić information content (AvgIpc) is 3.32. The van der Waals surface area contributed by atoms with Crippen LogP contribution in [0, 0.1) is 62.3 Å². The zero-order valence-corrected chi connectivity index (χ0v) is 47.1. The van der Waals surface area contributed by atoms with Gasteiger partial charge in [0.25, 0.3) is 0 Å². The molecule has 0 saturated carbocycles. The molecule has 0 saturated heterocycles. The Balaban J connectivity index is 0.961. The van der Waals surface area contributed by atoms with Crippen molar-refractivity contribution >= 4 is 33.0 Å². The Bertz CT molecular complexity index is 3000. The third kappa shape index (κ3) is 12.1. The smallest absolute Gasteiger partial charge is 0.0197 e. The Labute approximate surface area is 433 Å². The van der Waals surface area contributed by atoms with Crippen LogP contribution in [0.5, 0.6) is 17.2 Å². The molecule has 2 N–H and O–H groups in total. The van der Waals surface area contributed by atoms with Gasteiger partial charge in [0.2, 0.25) is 9.84 Å². The van der Waals surface area contributed by atoms with Crippen LogP contribution in [-0.4, -0.2) is 35.3 Å². The molecule has 0 aliphatic rings. The number of rotatable bonds is 21. The van der Waals surface area contributed by atoms with Crippen molar-refractivity contribution in [1.29, 1.82) is 0 Å². The molecule has 0 bridgehead atoms. The molecule has 6 nitrogen and oxygen atoms in total. The van der Waals surface area contributed by atoms with E-state index in [9.17, 15) is 8.42 Å². The van der Waals surface area contributed by atoms with Gasteiger partial charge in [-0.2, -0.15) is 0 Å². The van der Waals surface area contributed by atoms with Gasteiger partial charge in [-0.25, -0.2) is 8.42 Å². The normalized spacial score (nSPS) is 12.3. The molecule has 0 spiro atoms.